The lowest BCUT2D eigenvalue weighted by molar-refractivity contribution is 0.0925. The van der Waals surface area contributed by atoms with Gasteiger partial charge in [0.15, 0.2) is 0 Å². The summed E-state index contributed by atoms with van der Waals surface area (Å²) in [5.41, 5.74) is 3.11. The summed E-state index contributed by atoms with van der Waals surface area (Å²) in [6.07, 6.45) is 0. The maximum Gasteiger partial charge on any atom is 0.269 e. The van der Waals surface area contributed by atoms with E-state index in [9.17, 15) is 14.7 Å². The van der Waals surface area contributed by atoms with Gasteiger partial charge in [-0.05, 0) is 42.0 Å². The molecule has 0 atom stereocenters. The fourth-order valence-corrected chi connectivity index (χ4v) is 3.18. The highest BCUT2D eigenvalue weighted by molar-refractivity contribution is 6.35. The van der Waals surface area contributed by atoms with Gasteiger partial charge in [-0.15, -0.1) is 0 Å². The van der Waals surface area contributed by atoms with Gasteiger partial charge in [0.25, 0.3) is 11.8 Å². The molecular weight excluding hydrogens is 302 g/mol. The first kappa shape index (κ1) is 16.2. The van der Waals surface area contributed by atoms with Crippen molar-refractivity contribution in [2.24, 2.45) is 0 Å². The Morgan fingerprint density at radius 2 is 1.58 bits per heavy atom. The summed E-state index contributed by atoms with van der Waals surface area (Å²) in [6, 6.07) is 9.03. The third-order valence-corrected chi connectivity index (χ3v) is 4.50. The Balaban J connectivity index is 2.26. The van der Waals surface area contributed by atoms with Gasteiger partial charge in [0.1, 0.15) is 5.75 Å². The predicted molar refractivity (Wildman–Crippen MR) is 93.9 cm³/mol. The lowest BCUT2D eigenvalue weighted by Crippen LogP contribution is -2.32. The Morgan fingerprint density at radius 1 is 0.917 bits per heavy atom. The molecule has 0 unspecified atom stereocenters. The van der Waals surface area contributed by atoms with Crippen molar-refractivity contribution >= 4 is 17.5 Å². The molecule has 1 N–H and O–H groups in total. The van der Waals surface area contributed by atoms with Crippen LogP contribution < -0.4 is 4.90 Å². The van der Waals surface area contributed by atoms with E-state index in [1.807, 2.05) is 45.9 Å². The number of fused-ring (bicyclic) bond motifs is 1. The molecule has 0 bridgehead atoms. The zero-order valence-corrected chi connectivity index (χ0v) is 14.6. The van der Waals surface area contributed by atoms with Gasteiger partial charge < -0.3 is 5.11 Å². The molecule has 0 radical (unpaired) electrons. The van der Waals surface area contributed by atoms with Gasteiger partial charge in [-0.25, -0.2) is 4.90 Å². The zero-order chi connectivity index (χ0) is 17.8. The summed E-state index contributed by atoms with van der Waals surface area (Å²) >= 11 is 0. The summed E-state index contributed by atoms with van der Waals surface area (Å²) in [7, 11) is 0. The number of hydrogen-bond donors (Lipinski definition) is 1. The first-order chi connectivity index (χ1) is 11.1. The monoisotopic (exact) mass is 323 g/mol. The number of phenolic OH excluding ortho intramolecular Hbond substituents is 1. The fourth-order valence-electron chi connectivity index (χ4n) is 3.18. The number of carbonyl (C=O) groups excluding carboxylic acids is 2. The number of rotatable bonds is 1. The Hall–Kier alpha value is -2.62. The van der Waals surface area contributed by atoms with Crippen molar-refractivity contribution in [3.05, 3.63) is 58.1 Å². The Labute approximate surface area is 141 Å². The van der Waals surface area contributed by atoms with Crippen molar-refractivity contribution in [3.8, 4) is 5.75 Å². The molecule has 24 heavy (non-hydrogen) atoms. The van der Waals surface area contributed by atoms with Crippen LogP contribution in [0.2, 0.25) is 0 Å². The standard InChI is InChI=1S/C20H21NO3/c1-11-7-6-8-14(20(3,4)5)16(11)21-18(23)13-10-9-12(2)17(22)15(13)19(21)24/h6-10,22H,1-5H3. The highest BCUT2D eigenvalue weighted by atomic mass is 16.3. The number of anilines is 1. The van der Waals surface area contributed by atoms with E-state index < -0.39 is 5.91 Å². The molecule has 124 valence electrons. The Kier molecular flexibility index (Phi) is 3.52. The topological polar surface area (TPSA) is 57.6 Å². The van der Waals surface area contributed by atoms with Crippen LogP contribution in [0.4, 0.5) is 5.69 Å². The van der Waals surface area contributed by atoms with E-state index in [4.69, 9.17) is 0 Å². The molecule has 2 amide bonds. The van der Waals surface area contributed by atoms with Crippen LogP contribution in [0.3, 0.4) is 0 Å². The predicted octanol–water partition coefficient (Wildman–Crippen LogP) is 4.11. The molecule has 1 aliphatic rings. The van der Waals surface area contributed by atoms with E-state index >= 15 is 0 Å². The number of nitrogens with zero attached hydrogens (tertiary/aromatic N) is 1. The number of aryl methyl sites for hydroxylation is 2. The van der Waals surface area contributed by atoms with Crippen LogP contribution in [0.1, 0.15) is 58.2 Å². The number of carbonyl (C=O) groups is 2. The molecule has 0 saturated carbocycles. The SMILES string of the molecule is Cc1ccc2c(c1O)C(=O)N(c1c(C)cccc1C(C)(C)C)C2=O. The highest BCUT2D eigenvalue weighted by Crippen LogP contribution is 2.41. The van der Waals surface area contributed by atoms with Gasteiger partial charge in [0.05, 0.1) is 16.8 Å². The number of para-hydroxylation sites is 1. The van der Waals surface area contributed by atoms with Gasteiger partial charge in [-0.1, -0.05) is 45.0 Å². The Bertz CT molecular complexity index is 875. The van der Waals surface area contributed by atoms with Crippen molar-refractivity contribution in [2.45, 2.75) is 40.0 Å². The summed E-state index contributed by atoms with van der Waals surface area (Å²) in [5, 5.41) is 10.3. The minimum atomic E-state index is -0.462. The van der Waals surface area contributed by atoms with E-state index in [1.165, 1.54) is 4.90 Å². The fraction of sp³-hybridized carbons (Fsp3) is 0.300. The number of amides is 2. The number of benzene rings is 2. The zero-order valence-electron chi connectivity index (χ0n) is 14.6. The third kappa shape index (κ3) is 2.21. The largest absolute Gasteiger partial charge is 0.507 e. The van der Waals surface area contributed by atoms with E-state index in [1.54, 1.807) is 19.1 Å². The van der Waals surface area contributed by atoms with Gasteiger partial charge in [0, 0.05) is 0 Å². The average Bonchev–Trinajstić information content (AvgIpc) is 2.74. The summed E-state index contributed by atoms with van der Waals surface area (Å²) < 4.78 is 0. The normalized spacial score (nSPS) is 14.3. The van der Waals surface area contributed by atoms with Crippen molar-refractivity contribution < 1.29 is 14.7 Å². The first-order valence-corrected chi connectivity index (χ1v) is 7.96. The first-order valence-electron chi connectivity index (χ1n) is 7.96. The molecule has 0 spiro atoms. The second kappa shape index (κ2) is 5.20. The molecular formula is C20H21NO3. The number of phenols is 1. The van der Waals surface area contributed by atoms with E-state index in [0.717, 1.165) is 11.1 Å². The molecule has 0 saturated heterocycles. The molecule has 0 aromatic heterocycles. The molecule has 1 heterocycles. The van der Waals surface area contributed by atoms with Crippen molar-refractivity contribution in [3.63, 3.8) is 0 Å². The van der Waals surface area contributed by atoms with E-state index in [0.29, 0.717) is 11.3 Å². The van der Waals surface area contributed by atoms with Crippen molar-refractivity contribution in [1.29, 1.82) is 0 Å². The number of hydrogen-bond acceptors (Lipinski definition) is 3. The third-order valence-electron chi connectivity index (χ3n) is 4.50. The second-order valence-corrected chi connectivity index (χ2v) is 7.32. The molecule has 3 rings (SSSR count). The smallest absolute Gasteiger partial charge is 0.269 e. The summed E-state index contributed by atoms with van der Waals surface area (Å²) in [5.74, 6) is -0.958. The maximum absolute atomic E-state index is 13.0. The van der Waals surface area contributed by atoms with Crippen LogP contribution in [0.25, 0.3) is 0 Å². The molecule has 0 fully saturated rings. The van der Waals surface area contributed by atoms with E-state index in [2.05, 4.69) is 0 Å². The summed E-state index contributed by atoms with van der Waals surface area (Å²) in [4.78, 5) is 27.1. The number of aromatic hydroxyl groups is 1. The lowest BCUT2D eigenvalue weighted by atomic mass is 9.84. The van der Waals surface area contributed by atoms with Crippen LogP contribution in [0.5, 0.6) is 5.75 Å². The van der Waals surface area contributed by atoms with Crippen molar-refractivity contribution in [1.82, 2.24) is 0 Å². The number of imide groups is 1. The average molecular weight is 323 g/mol. The molecule has 2 aromatic rings. The van der Waals surface area contributed by atoms with Crippen LogP contribution in [0.15, 0.2) is 30.3 Å². The minimum absolute atomic E-state index is 0.100. The molecule has 4 nitrogen and oxygen atoms in total. The van der Waals surface area contributed by atoms with Crippen LogP contribution in [-0.2, 0) is 5.41 Å². The molecule has 0 aliphatic carbocycles. The van der Waals surface area contributed by atoms with Gasteiger partial charge in [-0.2, -0.15) is 0 Å². The maximum atomic E-state index is 13.0. The molecule has 4 heteroatoms. The van der Waals surface area contributed by atoms with Crippen molar-refractivity contribution in [2.75, 3.05) is 4.90 Å². The second-order valence-electron chi connectivity index (χ2n) is 7.32. The van der Waals surface area contributed by atoms with Gasteiger partial charge in [-0.3, -0.25) is 9.59 Å². The van der Waals surface area contributed by atoms with Crippen LogP contribution >= 0.6 is 0 Å². The lowest BCUT2D eigenvalue weighted by Gasteiger charge is -2.28. The molecule has 1 aliphatic heterocycles. The quantitative estimate of drug-likeness (QED) is 0.804. The minimum Gasteiger partial charge on any atom is -0.507 e. The summed E-state index contributed by atoms with van der Waals surface area (Å²) in [6.45, 7) is 9.74. The molecule has 2 aromatic carbocycles. The highest BCUT2D eigenvalue weighted by Gasteiger charge is 2.41. The Morgan fingerprint density at radius 3 is 2.21 bits per heavy atom. The van der Waals surface area contributed by atoms with Gasteiger partial charge >= 0.3 is 0 Å². The van der Waals surface area contributed by atoms with Crippen LogP contribution in [-0.4, -0.2) is 16.9 Å². The van der Waals surface area contributed by atoms with Crippen LogP contribution in [0, 0.1) is 13.8 Å². The van der Waals surface area contributed by atoms with Gasteiger partial charge in [0.2, 0.25) is 0 Å². The van der Waals surface area contributed by atoms with E-state index in [-0.39, 0.29) is 28.2 Å².